The Morgan fingerprint density at radius 1 is 1.36 bits per heavy atom. The number of nitrogens with one attached hydrogen (secondary N) is 1. The van der Waals surface area contributed by atoms with Gasteiger partial charge >= 0.3 is 6.09 Å². The number of aromatic amines is 1. The van der Waals surface area contributed by atoms with Gasteiger partial charge in [-0.05, 0) is 40.1 Å². The van der Waals surface area contributed by atoms with Gasteiger partial charge in [-0.1, -0.05) is 6.08 Å². The molecule has 1 aromatic heterocycles. The Morgan fingerprint density at radius 2 is 2.08 bits per heavy atom. The number of fused-ring (bicyclic) bond motifs is 1. The third-order valence-electron chi connectivity index (χ3n) is 4.20. The van der Waals surface area contributed by atoms with Crippen LogP contribution >= 0.6 is 15.9 Å². The van der Waals surface area contributed by atoms with Crippen LogP contribution in [0.3, 0.4) is 0 Å². The first-order chi connectivity index (χ1) is 11.8. The van der Waals surface area contributed by atoms with E-state index in [9.17, 15) is 14.0 Å². The molecule has 0 bridgehead atoms. The minimum atomic E-state index is -0.979. The molecule has 8 heteroatoms. The van der Waals surface area contributed by atoms with Crippen molar-refractivity contribution in [3.05, 3.63) is 39.8 Å². The van der Waals surface area contributed by atoms with Crippen molar-refractivity contribution in [2.75, 3.05) is 27.2 Å². The van der Waals surface area contributed by atoms with E-state index in [0.717, 1.165) is 5.57 Å². The van der Waals surface area contributed by atoms with Crippen LogP contribution in [0.15, 0.2) is 22.7 Å². The fourth-order valence-electron chi connectivity index (χ4n) is 2.90. The summed E-state index contributed by atoms with van der Waals surface area (Å²) in [7, 11) is 3.13. The standard InChI is InChI=1S/C17H17BrFN3O3/c1-21(2)16(23)11-6-12(18)15-10(14(11)19)7-13(20-15)9-4-3-5-22(8-9)17(24)25/h4,6-7,20H,3,5,8H2,1-2H3,(H,24,25). The van der Waals surface area contributed by atoms with E-state index in [2.05, 4.69) is 20.9 Å². The summed E-state index contributed by atoms with van der Waals surface area (Å²) in [4.78, 5) is 29.1. The Hall–Kier alpha value is -2.35. The van der Waals surface area contributed by atoms with Crippen molar-refractivity contribution in [3.63, 3.8) is 0 Å². The Morgan fingerprint density at radius 3 is 2.72 bits per heavy atom. The smallest absolute Gasteiger partial charge is 0.407 e. The molecule has 0 saturated carbocycles. The highest BCUT2D eigenvalue weighted by Gasteiger charge is 2.23. The van der Waals surface area contributed by atoms with Crippen LogP contribution < -0.4 is 0 Å². The summed E-state index contributed by atoms with van der Waals surface area (Å²) in [5.41, 5.74) is 1.96. The average molecular weight is 410 g/mol. The number of carboxylic acid groups (broad SMARTS) is 1. The Kier molecular flexibility index (Phi) is 4.55. The molecule has 3 rings (SSSR count). The number of halogens is 2. The van der Waals surface area contributed by atoms with Crippen LogP contribution in [0.25, 0.3) is 16.5 Å². The van der Waals surface area contributed by atoms with Gasteiger partial charge in [0.05, 0.1) is 17.6 Å². The molecule has 1 aliphatic rings. The minimum absolute atomic E-state index is 0.0142. The lowest BCUT2D eigenvalue weighted by Gasteiger charge is -2.24. The maximum absolute atomic E-state index is 14.8. The Balaban J connectivity index is 2.07. The minimum Gasteiger partial charge on any atom is -0.465 e. The van der Waals surface area contributed by atoms with E-state index < -0.39 is 17.8 Å². The highest BCUT2D eigenvalue weighted by molar-refractivity contribution is 9.10. The number of hydrogen-bond acceptors (Lipinski definition) is 2. The number of H-pyrrole nitrogens is 1. The molecule has 2 heterocycles. The van der Waals surface area contributed by atoms with Gasteiger partial charge in [-0.2, -0.15) is 0 Å². The monoisotopic (exact) mass is 409 g/mol. The molecule has 0 aliphatic carbocycles. The quantitative estimate of drug-likeness (QED) is 0.795. The molecular formula is C17H17BrFN3O3. The molecule has 2 aromatic rings. The van der Waals surface area contributed by atoms with Crippen LogP contribution in [0.5, 0.6) is 0 Å². The molecule has 0 fully saturated rings. The molecule has 0 unspecified atom stereocenters. The third kappa shape index (κ3) is 3.13. The van der Waals surface area contributed by atoms with Crippen molar-refractivity contribution in [1.29, 1.82) is 0 Å². The number of rotatable bonds is 2. The molecule has 0 saturated heterocycles. The van der Waals surface area contributed by atoms with Crippen molar-refractivity contribution in [2.45, 2.75) is 6.42 Å². The summed E-state index contributed by atoms with van der Waals surface area (Å²) in [6.45, 7) is 0.684. The predicted molar refractivity (Wildman–Crippen MR) is 96.2 cm³/mol. The van der Waals surface area contributed by atoms with E-state index in [1.54, 1.807) is 20.2 Å². The lowest BCUT2D eigenvalue weighted by molar-refractivity contribution is 0.0823. The van der Waals surface area contributed by atoms with E-state index in [-0.39, 0.29) is 12.1 Å². The Labute approximate surface area is 152 Å². The summed E-state index contributed by atoms with van der Waals surface area (Å²) < 4.78 is 15.4. The van der Waals surface area contributed by atoms with Crippen LogP contribution in [0, 0.1) is 5.82 Å². The summed E-state index contributed by atoms with van der Waals surface area (Å²) >= 11 is 3.38. The van der Waals surface area contributed by atoms with Crippen molar-refractivity contribution in [3.8, 4) is 0 Å². The number of aromatic nitrogens is 1. The fourth-order valence-corrected chi connectivity index (χ4v) is 3.44. The summed E-state index contributed by atoms with van der Waals surface area (Å²) in [6, 6.07) is 3.08. The number of carbonyl (C=O) groups excluding carboxylic acids is 1. The number of carbonyl (C=O) groups is 2. The molecule has 0 spiro atoms. The first-order valence-corrected chi connectivity index (χ1v) is 8.48. The van der Waals surface area contributed by atoms with Crippen LogP contribution in [-0.2, 0) is 0 Å². The zero-order chi connectivity index (χ0) is 18.3. The SMILES string of the molecule is CN(C)C(=O)c1cc(Br)c2[nH]c(C3=CCCN(C(=O)O)C3)cc2c1F. The molecule has 132 valence electrons. The second kappa shape index (κ2) is 6.51. The number of nitrogens with zero attached hydrogens (tertiary/aromatic N) is 2. The fraction of sp³-hybridized carbons (Fsp3) is 0.294. The maximum atomic E-state index is 14.8. The van der Waals surface area contributed by atoms with Crippen LogP contribution in [-0.4, -0.2) is 59.1 Å². The van der Waals surface area contributed by atoms with E-state index in [4.69, 9.17) is 5.11 Å². The summed E-state index contributed by atoms with van der Waals surface area (Å²) in [5, 5.41) is 9.45. The molecule has 1 aromatic carbocycles. The second-order valence-corrected chi connectivity index (χ2v) is 6.97. The predicted octanol–water partition coefficient (Wildman–Crippen LogP) is 3.54. The van der Waals surface area contributed by atoms with Gasteiger partial charge in [0, 0.05) is 36.2 Å². The van der Waals surface area contributed by atoms with E-state index in [0.29, 0.717) is 34.0 Å². The molecule has 25 heavy (non-hydrogen) atoms. The number of hydrogen-bond donors (Lipinski definition) is 2. The first kappa shape index (κ1) is 17.5. The molecule has 1 aliphatic heterocycles. The van der Waals surface area contributed by atoms with Gasteiger partial charge in [0.1, 0.15) is 5.82 Å². The molecule has 0 radical (unpaired) electrons. The zero-order valence-electron chi connectivity index (χ0n) is 13.8. The van der Waals surface area contributed by atoms with Crippen LogP contribution in [0.4, 0.5) is 9.18 Å². The van der Waals surface area contributed by atoms with Crippen LogP contribution in [0.2, 0.25) is 0 Å². The highest BCUT2D eigenvalue weighted by Crippen LogP contribution is 2.32. The highest BCUT2D eigenvalue weighted by atomic mass is 79.9. The molecule has 2 amide bonds. The molecular weight excluding hydrogens is 393 g/mol. The van der Waals surface area contributed by atoms with E-state index >= 15 is 0 Å². The van der Waals surface area contributed by atoms with Gasteiger partial charge in [0.2, 0.25) is 0 Å². The second-order valence-electron chi connectivity index (χ2n) is 6.11. The van der Waals surface area contributed by atoms with Crippen molar-refractivity contribution in [2.24, 2.45) is 0 Å². The van der Waals surface area contributed by atoms with Gasteiger partial charge < -0.3 is 19.9 Å². The lowest BCUT2D eigenvalue weighted by atomic mass is 10.1. The van der Waals surface area contributed by atoms with E-state index in [1.165, 1.54) is 15.9 Å². The molecule has 2 N–H and O–H groups in total. The van der Waals surface area contributed by atoms with Crippen molar-refractivity contribution < 1.29 is 19.1 Å². The topological polar surface area (TPSA) is 76.6 Å². The maximum Gasteiger partial charge on any atom is 0.407 e. The zero-order valence-corrected chi connectivity index (χ0v) is 15.4. The third-order valence-corrected chi connectivity index (χ3v) is 4.83. The van der Waals surface area contributed by atoms with Gasteiger partial charge in [-0.15, -0.1) is 0 Å². The van der Waals surface area contributed by atoms with E-state index in [1.807, 2.05) is 6.08 Å². The summed E-state index contributed by atoms with van der Waals surface area (Å²) in [6.07, 6.45) is 1.57. The normalized spacial score (nSPS) is 14.6. The number of amides is 2. The summed E-state index contributed by atoms with van der Waals surface area (Å²) in [5.74, 6) is -1.01. The van der Waals surface area contributed by atoms with Gasteiger partial charge in [-0.3, -0.25) is 4.79 Å². The Bertz CT molecular complexity index is 904. The molecule has 6 nitrogen and oxygen atoms in total. The van der Waals surface area contributed by atoms with Gasteiger partial charge in [0.15, 0.2) is 0 Å². The van der Waals surface area contributed by atoms with Crippen molar-refractivity contribution in [1.82, 2.24) is 14.8 Å². The average Bonchev–Trinajstić information content (AvgIpc) is 3.03. The van der Waals surface area contributed by atoms with Gasteiger partial charge in [0.25, 0.3) is 5.91 Å². The largest absolute Gasteiger partial charge is 0.465 e. The lowest BCUT2D eigenvalue weighted by Crippen LogP contribution is -2.34. The molecule has 0 atom stereocenters. The van der Waals surface area contributed by atoms with Crippen molar-refractivity contribution >= 4 is 44.4 Å². The van der Waals surface area contributed by atoms with Crippen LogP contribution in [0.1, 0.15) is 22.5 Å². The van der Waals surface area contributed by atoms with Gasteiger partial charge in [-0.25, -0.2) is 9.18 Å². The first-order valence-electron chi connectivity index (χ1n) is 7.69. The number of benzene rings is 1.